The zero-order valence-electron chi connectivity index (χ0n) is 13.9. The highest BCUT2D eigenvalue weighted by Crippen LogP contribution is 2.42. The number of hydrogen-bond acceptors (Lipinski definition) is 4. The van der Waals surface area contributed by atoms with Gasteiger partial charge in [-0.25, -0.2) is 0 Å². The Morgan fingerprint density at radius 2 is 1.91 bits per heavy atom. The quantitative estimate of drug-likeness (QED) is 0.821. The zero-order chi connectivity index (χ0) is 16.6. The normalized spacial score (nSPS) is 25.4. The molecule has 3 aliphatic heterocycles. The Morgan fingerprint density at radius 1 is 1.13 bits per heavy atom. The zero-order valence-corrected chi connectivity index (χ0v) is 15.5. The Balaban J connectivity index is 1.88. The first-order valence-corrected chi connectivity index (χ1v) is 8.80. The Kier molecular flexibility index (Phi) is 5.26. The molecule has 128 valence electrons. The van der Waals surface area contributed by atoms with Crippen molar-refractivity contribution in [3.63, 3.8) is 0 Å². The molecule has 0 saturated carbocycles. The van der Waals surface area contributed by atoms with E-state index in [1.54, 1.807) is 20.3 Å². The van der Waals surface area contributed by atoms with Crippen LogP contribution < -0.4 is 9.47 Å². The van der Waals surface area contributed by atoms with Crippen molar-refractivity contribution in [3.05, 3.63) is 21.7 Å². The predicted octanol–water partition coefficient (Wildman–Crippen LogP) is 3.54. The summed E-state index contributed by atoms with van der Waals surface area (Å²) < 4.78 is 10.7. The van der Waals surface area contributed by atoms with Gasteiger partial charge in [-0.3, -0.25) is 4.90 Å². The summed E-state index contributed by atoms with van der Waals surface area (Å²) in [6, 6.07) is 2.36. The molecule has 0 N–H and O–H groups in total. The number of fused-ring (bicyclic) bond motifs is 4. The standard InChI is InChI=1S/C17H24Cl2N2O2/c1-20-7-11-4-5-12(9-20)21(8-11)10-13-14(18)6-15(22-2)17(23-3)16(13)19/h6,11-12H,4-5,7-10H2,1-3H3/t11-,12+/m0/s1. The lowest BCUT2D eigenvalue weighted by molar-refractivity contribution is 0.124. The van der Waals surface area contributed by atoms with Crippen LogP contribution in [0.5, 0.6) is 11.5 Å². The fourth-order valence-electron chi connectivity index (χ4n) is 3.91. The highest BCUT2D eigenvalue weighted by molar-refractivity contribution is 6.37. The highest BCUT2D eigenvalue weighted by Gasteiger charge is 2.34. The number of rotatable bonds is 4. The van der Waals surface area contributed by atoms with Gasteiger partial charge in [-0.15, -0.1) is 0 Å². The van der Waals surface area contributed by atoms with Crippen LogP contribution in [0.4, 0.5) is 0 Å². The maximum atomic E-state index is 6.56. The monoisotopic (exact) mass is 358 g/mol. The molecule has 0 radical (unpaired) electrons. The van der Waals surface area contributed by atoms with Crippen molar-refractivity contribution in [1.82, 2.24) is 9.80 Å². The molecule has 4 rings (SSSR count). The van der Waals surface area contributed by atoms with E-state index < -0.39 is 0 Å². The molecule has 0 aliphatic carbocycles. The van der Waals surface area contributed by atoms with Gasteiger partial charge in [-0.05, 0) is 25.8 Å². The van der Waals surface area contributed by atoms with Crippen molar-refractivity contribution >= 4 is 23.2 Å². The summed E-state index contributed by atoms with van der Waals surface area (Å²) in [5.74, 6) is 1.87. The molecule has 3 aliphatic rings. The molecular formula is C17H24Cl2N2O2. The van der Waals surface area contributed by atoms with Crippen molar-refractivity contribution in [2.75, 3.05) is 40.9 Å². The van der Waals surface area contributed by atoms with Gasteiger partial charge in [0, 0.05) is 43.9 Å². The summed E-state index contributed by atoms with van der Waals surface area (Å²) >= 11 is 13.0. The number of piperidine rings is 1. The number of halogens is 2. The number of methoxy groups -OCH3 is 2. The van der Waals surface area contributed by atoms with Gasteiger partial charge in [0.2, 0.25) is 0 Å². The molecule has 1 aromatic rings. The molecule has 0 aromatic heterocycles. The number of likely N-dealkylation sites (N-methyl/N-ethyl adjacent to an activating group) is 1. The second kappa shape index (κ2) is 7.06. The van der Waals surface area contributed by atoms with Crippen LogP contribution in [-0.4, -0.2) is 56.7 Å². The van der Waals surface area contributed by atoms with E-state index in [-0.39, 0.29) is 0 Å². The average Bonchev–Trinajstić information content (AvgIpc) is 2.79. The van der Waals surface area contributed by atoms with Crippen molar-refractivity contribution < 1.29 is 9.47 Å². The van der Waals surface area contributed by atoms with Gasteiger partial charge in [0.05, 0.1) is 24.3 Å². The molecular weight excluding hydrogens is 335 g/mol. The van der Waals surface area contributed by atoms with Gasteiger partial charge in [-0.2, -0.15) is 0 Å². The predicted molar refractivity (Wildman–Crippen MR) is 94.0 cm³/mol. The molecule has 0 unspecified atom stereocenters. The lowest BCUT2D eigenvalue weighted by Crippen LogP contribution is -2.43. The van der Waals surface area contributed by atoms with Crippen LogP contribution in [0.25, 0.3) is 0 Å². The van der Waals surface area contributed by atoms with Gasteiger partial charge >= 0.3 is 0 Å². The highest BCUT2D eigenvalue weighted by atomic mass is 35.5. The molecule has 3 fully saturated rings. The van der Waals surface area contributed by atoms with E-state index in [4.69, 9.17) is 32.7 Å². The fraction of sp³-hybridized carbons (Fsp3) is 0.647. The van der Waals surface area contributed by atoms with Gasteiger partial charge in [0.15, 0.2) is 11.5 Å². The fourth-order valence-corrected chi connectivity index (χ4v) is 4.55. The summed E-state index contributed by atoms with van der Waals surface area (Å²) in [7, 11) is 5.41. The van der Waals surface area contributed by atoms with E-state index in [9.17, 15) is 0 Å². The van der Waals surface area contributed by atoms with Crippen molar-refractivity contribution in [1.29, 1.82) is 0 Å². The van der Waals surface area contributed by atoms with E-state index in [1.807, 2.05) is 0 Å². The number of benzene rings is 1. The van der Waals surface area contributed by atoms with Crippen LogP contribution in [-0.2, 0) is 6.54 Å². The molecule has 2 atom stereocenters. The minimum absolute atomic E-state index is 0.560. The van der Waals surface area contributed by atoms with Crippen molar-refractivity contribution in [2.24, 2.45) is 5.92 Å². The van der Waals surface area contributed by atoms with Crippen LogP contribution in [0.3, 0.4) is 0 Å². The summed E-state index contributed by atoms with van der Waals surface area (Å²) in [5.41, 5.74) is 0.932. The Labute approximate surface area is 148 Å². The number of hydrogen-bond donors (Lipinski definition) is 0. The van der Waals surface area contributed by atoms with Gasteiger partial charge in [-0.1, -0.05) is 23.2 Å². The first-order valence-electron chi connectivity index (χ1n) is 8.05. The number of ether oxygens (including phenoxy) is 2. The van der Waals surface area contributed by atoms with Crippen LogP contribution in [0.2, 0.25) is 10.0 Å². The van der Waals surface area contributed by atoms with E-state index in [0.29, 0.717) is 27.6 Å². The molecule has 4 nitrogen and oxygen atoms in total. The average molecular weight is 359 g/mol. The Hall–Kier alpha value is -0.680. The third kappa shape index (κ3) is 3.41. The largest absolute Gasteiger partial charge is 0.493 e. The van der Waals surface area contributed by atoms with Gasteiger partial charge in [0.25, 0.3) is 0 Å². The van der Waals surface area contributed by atoms with Crippen LogP contribution in [0.1, 0.15) is 18.4 Å². The molecule has 23 heavy (non-hydrogen) atoms. The summed E-state index contributed by atoms with van der Waals surface area (Å²) in [5, 5.41) is 1.20. The Bertz CT molecular complexity index is 582. The lowest BCUT2D eigenvalue weighted by Gasteiger charge is -2.36. The second-order valence-electron chi connectivity index (χ2n) is 6.63. The minimum atomic E-state index is 0.560. The topological polar surface area (TPSA) is 24.9 Å². The molecule has 3 saturated heterocycles. The first-order chi connectivity index (χ1) is 11.0. The number of nitrogens with zero attached hydrogens (tertiary/aromatic N) is 2. The van der Waals surface area contributed by atoms with E-state index >= 15 is 0 Å². The third-order valence-corrected chi connectivity index (χ3v) is 5.77. The first kappa shape index (κ1) is 17.2. The summed E-state index contributed by atoms with van der Waals surface area (Å²) in [4.78, 5) is 4.97. The maximum Gasteiger partial charge on any atom is 0.179 e. The minimum Gasteiger partial charge on any atom is -0.493 e. The van der Waals surface area contributed by atoms with Gasteiger partial charge in [0.1, 0.15) is 0 Å². The van der Waals surface area contributed by atoms with E-state index in [0.717, 1.165) is 31.1 Å². The lowest BCUT2D eigenvalue weighted by atomic mass is 9.94. The van der Waals surface area contributed by atoms with Crippen molar-refractivity contribution in [3.8, 4) is 11.5 Å². The van der Waals surface area contributed by atoms with Crippen LogP contribution in [0.15, 0.2) is 6.07 Å². The van der Waals surface area contributed by atoms with E-state index in [2.05, 4.69) is 16.8 Å². The smallest absolute Gasteiger partial charge is 0.179 e. The summed E-state index contributed by atoms with van der Waals surface area (Å²) in [6.45, 7) is 4.16. The third-order valence-electron chi connectivity index (χ3n) is 5.03. The molecule has 1 aromatic carbocycles. The van der Waals surface area contributed by atoms with Crippen LogP contribution >= 0.6 is 23.2 Å². The molecule has 0 spiro atoms. The SMILES string of the molecule is COc1cc(Cl)c(CN2C[C@H]3CC[C@@H]2CN(C)C3)c(Cl)c1OC. The maximum absolute atomic E-state index is 6.56. The second-order valence-corrected chi connectivity index (χ2v) is 7.42. The van der Waals surface area contributed by atoms with Gasteiger partial charge < -0.3 is 14.4 Å². The van der Waals surface area contributed by atoms with E-state index in [1.165, 1.54) is 19.4 Å². The van der Waals surface area contributed by atoms with Crippen LogP contribution in [0, 0.1) is 5.92 Å². The molecule has 2 bridgehead atoms. The molecule has 6 heteroatoms. The Morgan fingerprint density at radius 3 is 2.61 bits per heavy atom. The summed E-state index contributed by atoms with van der Waals surface area (Å²) in [6.07, 6.45) is 2.57. The molecule has 0 amide bonds. The van der Waals surface area contributed by atoms with Crippen molar-refractivity contribution in [2.45, 2.75) is 25.4 Å². The molecule has 3 heterocycles.